The first-order valence-electron chi connectivity index (χ1n) is 12.2. The summed E-state index contributed by atoms with van der Waals surface area (Å²) in [4.78, 5) is 0. The molecule has 0 unspecified atom stereocenters. The monoisotopic (exact) mass is 461 g/mol. The molecule has 0 atom stereocenters. The highest BCUT2D eigenvalue weighted by Crippen LogP contribution is 2.40. The Balaban J connectivity index is 1.31. The van der Waals surface area contributed by atoms with Gasteiger partial charge in [-0.05, 0) is 57.8 Å². The molecular weight excluding hydrogens is 438 g/mol. The molecule has 0 bridgehead atoms. The van der Waals surface area contributed by atoms with E-state index in [2.05, 4.69) is 121 Å². The maximum atomic E-state index is 6.41. The Bertz CT molecular complexity index is 1860. The van der Waals surface area contributed by atoms with Crippen molar-refractivity contribution in [3.05, 3.63) is 133 Å². The van der Waals surface area contributed by atoms with Gasteiger partial charge in [0.1, 0.15) is 11.2 Å². The zero-order valence-electron chi connectivity index (χ0n) is 19.6. The van der Waals surface area contributed by atoms with Gasteiger partial charge in [-0.25, -0.2) is 0 Å². The van der Waals surface area contributed by atoms with Crippen LogP contribution in [0.3, 0.4) is 0 Å². The van der Waals surface area contributed by atoms with E-state index >= 15 is 0 Å². The number of hydrogen-bond acceptors (Lipinski definition) is 2. The van der Waals surface area contributed by atoms with Crippen LogP contribution in [-0.4, -0.2) is 0 Å². The first-order valence-corrected chi connectivity index (χ1v) is 12.2. The Morgan fingerprint density at radius 1 is 0.500 bits per heavy atom. The van der Waals surface area contributed by atoms with Gasteiger partial charge in [-0.1, -0.05) is 103 Å². The molecule has 0 fully saturated rings. The fraction of sp³-hybridized carbons (Fsp3) is 0. The van der Waals surface area contributed by atoms with Crippen molar-refractivity contribution in [2.45, 2.75) is 0 Å². The number of fused-ring (bicyclic) bond motifs is 4. The number of rotatable bonds is 4. The summed E-state index contributed by atoms with van der Waals surface area (Å²) < 4.78 is 6.41. The Kier molecular flexibility index (Phi) is 4.82. The van der Waals surface area contributed by atoms with Gasteiger partial charge in [0, 0.05) is 16.6 Å². The summed E-state index contributed by atoms with van der Waals surface area (Å²) in [5, 5.41) is 8.38. The van der Waals surface area contributed by atoms with Crippen LogP contribution in [0.1, 0.15) is 0 Å². The van der Waals surface area contributed by atoms with Gasteiger partial charge in [0.05, 0.1) is 11.1 Å². The highest BCUT2D eigenvalue weighted by Gasteiger charge is 2.15. The summed E-state index contributed by atoms with van der Waals surface area (Å²) in [6, 6.07) is 46.7. The Hall–Kier alpha value is -4.82. The summed E-state index contributed by atoms with van der Waals surface area (Å²) in [5.41, 5.74) is 8.52. The number of anilines is 2. The number of furan rings is 1. The van der Waals surface area contributed by atoms with E-state index in [9.17, 15) is 0 Å². The van der Waals surface area contributed by atoms with Crippen molar-refractivity contribution in [2.24, 2.45) is 0 Å². The first-order chi connectivity index (χ1) is 17.8. The average molecular weight is 462 g/mol. The molecule has 2 heteroatoms. The fourth-order valence-corrected chi connectivity index (χ4v) is 5.10. The Morgan fingerprint density at radius 2 is 1.25 bits per heavy atom. The van der Waals surface area contributed by atoms with Gasteiger partial charge < -0.3 is 9.73 Å². The fourth-order valence-electron chi connectivity index (χ4n) is 5.10. The quantitative estimate of drug-likeness (QED) is 0.282. The standard InChI is InChI=1S/C34H23NO/c1-2-10-24(11-3-1)29-15-7-16-30-33-31(17-8-18-32(33)36-34(29)30)35-28-14-6-13-26(22-28)27-20-19-23-9-4-5-12-25(23)21-27/h1-22,35H. The molecule has 0 spiro atoms. The van der Waals surface area contributed by atoms with Crippen molar-refractivity contribution in [3.63, 3.8) is 0 Å². The molecule has 36 heavy (non-hydrogen) atoms. The van der Waals surface area contributed by atoms with Crippen molar-refractivity contribution in [3.8, 4) is 22.3 Å². The predicted molar refractivity (Wildman–Crippen MR) is 152 cm³/mol. The van der Waals surface area contributed by atoms with E-state index in [0.717, 1.165) is 44.4 Å². The van der Waals surface area contributed by atoms with E-state index in [1.165, 1.54) is 21.9 Å². The molecule has 7 aromatic rings. The van der Waals surface area contributed by atoms with Gasteiger partial charge in [0.15, 0.2) is 0 Å². The zero-order valence-corrected chi connectivity index (χ0v) is 19.6. The minimum atomic E-state index is 0.879. The third-order valence-electron chi connectivity index (χ3n) is 6.83. The van der Waals surface area contributed by atoms with E-state index in [1.54, 1.807) is 0 Å². The smallest absolute Gasteiger partial charge is 0.143 e. The lowest BCUT2D eigenvalue weighted by Crippen LogP contribution is -1.91. The van der Waals surface area contributed by atoms with Gasteiger partial charge in [-0.3, -0.25) is 0 Å². The molecule has 170 valence electrons. The van der Waals surface area contributed by atoms with Crippen molar-refractivity contribution in [1.29, 1.82) is 0 Å². The van der Waals surface area contributed by atoms with Gasteiger partial charge in [0.2, 0.25) is 0 Å². The summed E-state index contributed by atoms with van der Waals surface area (Å²) in [6.07, 6.45) is 0. The van der Waals surface area contributed by atoms with Crippen LogP contribution in [0.5, 0.6) is 0 Å². The second-order valence-electron chi connectivity index (χ2n) is 9.10. The third-order valence-corrected chi connectivity index (χ3v) is 6.83. The van der Waals surface area contributed by atoms with Gasteiger partial charge in [-0.2, -0.15) is 0 Å². The summed E-state index contributed by atoms with van der Waals surface area (Å²) in [7, 11) is 0. The molecule has 0 aliphatic carbocycles. The third kappa shape index (κ3) is 3.52. The molecule has 0 amide bonds. The van der Waals surface area contributed by atoms with Crippen LogP contribution in [0.15, 0.2) is 138 Å². The molecule has 7 rings (SSSR count). The predicted octanol–water partition coefficient (Wildman–Crippen LogP) is 9.82. The zero-order chi connectivity index (χ0) is 23.9. The van der Waals surface area contributed by atoms with Gasteiger partial charge >= 0.3 is 0 Å². The number of nitrogens with one attached hydrogen (secondary N) is 1. The molecule has 1 heterocycles. The normalized spacial score (nSPS) is 11.3. The molecule has 2 nitrogen and oxygen atoms in total. The molecule has 1 N–H and O–H groups in total. The highest BCUT2D eigenvalue weighted by atomic mass is 16.3. The molecule has 0 aliphatic rings. The Labute approximate surface area is 209 Å². The van der Waals surface area contributed by atoms with Crippen LogP contribution in [-0.2, 0) is 0 Å². The van der Waals surface area contributed by atoms with Crippen LogP contribution in [0.4, 0.5) is 11.4 Å². The maximum absolute atomic E-state index is 6.41. The lowest BCUT2D eigenvalue weighted by molar-refractivity contribution is 0.670. The molecule has 0 saturated carbocycles. The van der Waals surface area contributed by atoms with Crippen molar-refractivity contribution in [2.75, 3.05) is 5.32 Å². The molecule has 1 aromatic heterocycles. The summed E-state index contributed by atoms with van der Waals surface area (Å²) in [6.45, 7) is 0. The van der Waals surface area contributed by atoms with E-state index in [0.29, 0.717) is 0 Å². The summed E-state index contributed by atoms with van der Waals surface area (Å²) in [5.74, 6) is 0. The lowest BCUT2D eigenvalue weighted by Gasteiger charge is -2.11. The van der Waals surface area contributed by atoms with Crippen LogP contribution in [0, 0.1) is 0 Å². The molecule has 0 radical (unpaired) electrons. The van der Waals surface area contributed by atoms with Crippen molar-refractivity contribution in [1.82, 2.24) is 0 Å². The average Bonchev–Trinajstić information content (AvgIpc) is 3.33. The minimum absolute atomic E-state index is 0.879. The Morgan fingerprint density at radius 3 is 2.17 bits per heavy atom. The number of para-hydroxylation sites is 1. The highest BCUT2D eigenvalue weighted by molar-refractivity contribution is 6.15. The van der Waals surface area contributed by atoms with Crippen LogP contribution < -0.4 is 5.32 Å². The van der Waals surface area contributed by atoms with Crippen molar-refractivity contribution < 1.29 is 4.42 Å². The maximum Gasteiger partial charge on any atom is 0.143 e. The van der Waals surface area contributed by atoms with E-state index < -0.39 is 0 Å². The first kappa shape index (κ1) is 20.5. The number of hydrogen-bond donors (Lipinski definition) is 1. The second-order valence-corrected chi connectivity index (χ2v) is 9.10. The lowest BCUT2D eigenvalue weighted by atomic mass is 10.0. The van der Waals surface area contributed by atoms with E-state index in [-0.39, 0.29) is 0 Å². The minimum Gasteiger partial charge on any atom is -0.455 e. The molecule has 6 aromatic carbocycles. The second kappa shape index (κ2) is 8.44. The van der Waals surface area contributed by atoms with Gasteiger partial charge in [-0.15, -0.1) is 0 Å². The molecule has 0 aliphatic heterocycles. The van der Waals surface area contributed by atoms with Crippen LogP contribution in [0.25, 0.3) is 55.0 Å². The SMILES string of the molecule is c1ccc(-c2cccc3c2oc2cccc(Nc4cccc(-c5ccc6ccccc6c5)c4)c23)cc1. The summed E-state index contributed by atoms with van der Waals surface area (Å²) >= 11 is 0. The van der Waals surface area contributed by atoms with E-state index in [1.807, 2.05) is 18.2 Å². The van der Waals surface area contributed by atoms with Gasteiger partial charge in [0.25, 0.3) is 0 Å². The van der Waals surface area contributed by atoms with E-state index in [4.69, 9.17) is 4.42 Å². The number of benzene rings is 6. The molecular formula is C34H23NO. The van der Waals surface area contributed by atoms with Crippen LogP contribution >= 0.6 is 0 Å². The van der Waals surface area contributed by atoms with Crippen molar-refractivity contribution >= 4 is 44.1 Å². The van der Waals surface area contributed by atoms with Crippen LogP contribution in [0.2, 0.25) is 0 Å². The topological polar surface area (TPSA) is 25.2 Å². The largest absolute Gasteiger partial charge is 0.455 e. The molecule has 0 saturated heterocycles.